The van der Waals surface area contributed by atoms with E-state index in [0.717, 1.165) is 24.0 Å². The molecular weight excluding hydrogens is 550 g/mol. The fourth-order valence-electron chi connectivity index (χ4n) is 5.80. The number of fused-ring (bicyclic) bond motifs is 4. The van der Waals surface area contributed by atoms with E-state index in [1.165, 1.54) is 0 Å². The van der Waals surface area contributed by atoms with Gasteiger partial charge in [-0.1, -0.05) is 24.3 Å². The SMILES string of the molecule is C=C1C[C@H]2C=Nc3cc(OCCNCCOc4cc5c(cc4OC)C(=O)N4CC(=C)C[C@H]4C=N5)c(OC)cc3C(=O)N2C1. The van der Waals surface area contributed by atoms with Crippen molar-refractivity contribution in [2.24, 2.45) is 9.98 Å². The van der Waals surface area contributed by atoms with Gasteiger partial charge in [0.2, 0.25) is 0 Å². The molecule has 0 unspecified atom stereocenters. The highest BCUT2D eigenvalue weighted by Gasteiger charge is 2.35. The zero-order valence-corrected chi connectivity index (χ0v) is 24.4. The summed E-state index contributed by atoms with van der Waals surface area (Å²) >= 11 is 0. The van der Waals surface area contributed by atoms with Gasteiger partial charge in [-0.25, -0.2) is 0 Å². The molecule has 2 fully saturated rings. The Labute approximate surface area is 250 Å². The van der Waals surface area contributed by atoms with Crippen LogP contribution in [0.15, 0.2) is 58.6 Å². The minimum Gasteiger partial charge on any atom is -0.493 e. The lowest BCUT2D eigenvalue weighted by molar-refractivity contribution is 0.0769. The molecule has 0 spiro atoms. The van der Waals surface area contributed by atoms with Crippen LogP contribution < -0.4 is 24.3 Å². The molecule has 0 radical (unpaired) electrons. The fraction of sp³-hybridized carbons (Fsp3) is 0.375. The molecule has 0 bridgehead atoms. The number of nitrogens with zero attached hydrogens (tertiary/aromatic N) is 4. The van der Waals surface area contributed by atoms with E-state index in [1.54, 1.807) is 48.3 Å². The van der Waals surface area contributed by atoms with Crippen LogP contribution in [0.25, 0.3) is 0 Å². The molecule has 0 aliphatic carbocycles. The van der Waals surface area contributed by atoms with Crippen molar-refractivity contribution < 1.29 is 28.5 Å². The first-order valence-corrected chi connectivity index (χ1v) is 14.3. The molecule has 0 saturated carbocycles. The molecule has 4 aliphatic rings. The second-order valence-electron chi connectivity index (χ2n) is 11.0. The maximum atomic E-state index is 13.2. The second-order valence-corrected chi connectivity index (χ2v) is 11.0. The van der Waals surface area contributed by atoms with Crippen molar-refractivity contribution in [1.29, 1.82) is 0 Å². The predicted molar refractivity (Wildman–Crippen MR) is 163 cm³/mol. The van der Waals surface area contributed by atoms with Gasteiger partial charge in [-0.3, -0.25) is 19.6 Å². The number of hydrogen-bond acceptors (Lipinski definition) is 9. The van der Waals surface area contributed by atoms with E-state index in [0.29, 0.717) is 84.9 Å². The van der Waals surface area contributed by atoms with Crippen molar-refractivity contribution in [2.75, 3.05) is 53.6 Å². The van der Waals surface area contributed by atoms with Crippen molar-refractivity contribution in [3.8, 4) is 23.0 Å². The van der Waals surface area contributed by atoms with Gasteiger partial charge in [-0.2, -0.15) is 0 Å². The van der Waals surface area contributed by atoms with Gasteiger partial charge in [0.1, 0.15) is 13.2 Å². The van der Waals surface area contributed by atoms with Crippen LogP contribution >= 0.6 is 0 Å². The van der Waals surface area contributed by atoms with Crippen molar-refractivity contribution >= 4 is 35.6 Å². The van der Waals surface area contributed by atoms with E-state index < -0.39 is 0 Å². The molecule has 11 heteroatoms. The summed E-state index contributed by atoms with van der Waals surface area (Å²) in [5.41, 5.74) is 4.15. The topological polar surface area (TPSA) is 114 Å². The second kappa shape index (κ2) is 11.9. The average Bonchev–Trinajstić information content (AvgIpc) is 3.51. The van der Waals surface area contributed by atoms with Crippen molar-refractivity contribution in [2.45, 2.75) is 24.9 Å². The van der Waals surface area contributed by atoms with Crippen molar-refractivity contribution in [3.63, 3.8) is 0 Å². The zero-order chi connectivity index (χ0) is 30.1. The average molecular weight is 586 g/mol. The minimum absolute atomic E-state index is 0.0752. The third-order valence-corrected chi connectivity index (χ3v) is 7.97. The molecule has 43 heavy (non-hydrogen) atoms. The molecule has 6 rings (SSSR count). The largest absolute Gasteiger partial charge is 0.493 e. The molecule has 1 N–H and O–H groups in total. The Kier molecular flexibility index (Phi) is 7.90. The summed E-state index contributed by atoms with van der Waals surface area (Å²) < 4.78 is 23.0. The maximum absolute atomic E-state index is 13.2. The van der Waals surface area contributed by atoms with Gasteiger partial charge in [-0.15, -0.1) is 0 Å². The molecule has 4 heterocycles. The Morgan fingerprint density at radius 2 is 1.19 bits per heavy atom. The standard InChI is InChI=1S/C32H35N5O6/c1-19-9-21-15-34-25-13-29(27(40-3)11-23(25)31(38)36(21)17-19)42-7-5-33-6-8-43-30-14-26-24(12-28(30)41-4)32(39)37-18-20(2)10-22(37)16-35-26/h11-16,21-22,33H,1-2,5-10,17-18H2,3-4H3/t21-,22-/m0/s1. The number of amides is 2. The van der Waals surface area contributed by atoms with Gasteiger partial charge < -0.3 is 34.1 Å². The number of aliphatic imine (C=N–C) groups is 2. The number of methoxy groups -OCH3 is 2. The summed E-state index contributed by atoms with van der Waals surface area (Å²) in [4.78, 5) is 39.0. The van der Waals surface area contributed by atoms with Crippen LogP contribution in [0.5, 0.6) is 23.0 Å². The molecule has 224 valence electrons. The summed E-state index contributed by atoms with van der Waals surface area (Å²) in [6.07, 6.45) is 5.07. The summed E-state index contributed by atoms with van der Waals surface area (Å²) in [7, 11) is 3.10. The van der Waals surface area contributed by atoms with Gasteiger partial charge in [-0.05, 0) is 25.0 Å². The Bertz CT molecular complexity index is 1440. The quantitative estimate of drug-likeness (QED) is 0.334. The first-order chi connectivity index (χ1) is 20.9. The van der Waals surface area contributed by atoms with Gasteiger partial charge >= 0.3 is 0 Å². The van der Waals surface area contributed by atoms with E-state index in [1.807, 2.05) is 12.4 Å². The lowest BCUT2D eigenvalue weighted by atomic mass is 10.1. The van der Waals surface area contributed by atoms with Crippen LogP contribution in [-0.2, 0) is 0 Å². The summed E-state index contributed by atoms with van der Waals surface area (Å²) in [5, 5.41) is 3.29. The van der Waals surface area contributed by atoms with E-state index in [-0.39, 0.29) is 23.9 Å². The van der Waals surface area contributed by atoms with E-state index in [2.05, 4.69) is 28.5 Å². The smallest absolute Gasteiger partial charge is 0.257 e. The highest BCUT2D eigenvalue weighted by atomic mass is 16.5. The van der Waals surface area contributed by atoms with Crippen LogP contribution in [0.2, 0.25) is 0 Å². The normalized spacial score (nSPS) is 20.3. The third kappa shape index (κ3) is 5.60. The molecule has 11 nitrogen and oxygen atoms in total. The number of carbonyl (C=O) groups excluding carboxylic acids is 2. The summed E-state index contributed by atoms with van der Waals surface area (Å²) in [5.74, 6) is 1.82. The molecule has 0 aromatic heterocycles. The molecule has 2 amide bonds. The molecule has 2 atom stereocenters. The number of benzene rings is 2. The Morgan fingerprint density at radius 3 is 1.60 bits per heavy atom. The monoisotopic (exact) mass is 585 g/mol. The third-order valence-electron chi connectivity index (χ3n) is 7.97. The molecule has 2 saturated heterocycles. The van der Waals surface area contributed by atoms with Crippen LogP contribution in [0.4, 0.5) is 11.4 Å². The van der Waals surface area contributed by atoms with E-state index >= 15 is 0 Å². The van der Waals surface area contributed by atoms with Gasteiger partial charge in [0, 0.05) is 50.7 Å². The molecule has 2 aromatic carbocycles. The van der Waals surface area contributed by atoms with Crippen molar-refractivity contribution in [3.05, 3.63) is 59.7 Å². The number of ether oxygens (including phenoxy) is 4. The highest BCUT2D eigenvalue weighted by Crippen LogP contribution is 2.40. The molecular formula is C32H35N5O6. The summed E-state index contributed by atoms with van der Waals surface area (Å²) in [6.45, 7) is 10.9. The first-order valence-electron chi connectivity index (χ1n) is 14.3. The highest BCUT2D eigenvalue weighted by molar-refractivity contribution is 6.04. The van der Waals surface area contributed by atoms with Crippen LogP contribution in [-0.4, -0.2) is 99.7 Å². The molecule has 4 aliphatic heterocycles. The number of carbonyl (C=O) groups is 2. The lowest BCUT2D eigenvalue weighted by Crippen LogP contribution is -2.35. The Balaban J connectivity index is 1.02. The van der Waals surface area contributed by atoms with Crippen LogP contribution in [0.1, 0.15) is 33.6 Å². The lowest BCUT2D eigenvalue weighted by Gasteiger charge is -2.20. The number of rotatable bonds is 10. The predicted octanol–water partition coefficient (Wildman–Crippen LogP) is 3.72. The van der Waals surface area contributed by atoms with E-state index in [9.17, 15) is 9.59 Å². The first kappa shape index (κ1) is 28.5. The van der Waals surface area contributed by atoms with Crippen molar-refractivity contribution in [1.82, 2.24) is 15.1 Å². The van der Waals surface area contributed by atoms with Crippen LogP contribution in [0, 0.1) is 0 Å². The summed E-state index contributed by atoms with van der Waals surface area (Å²) in [6, 6.07) is 6.74. The number of nitrogens with one attached hydrogen (secondary N) is 1. The number of hydrogen-bond donors (Lipinski definition) is 1. The molecule has 2 aromatic rings. The minimum atomic E-state index is -0.0844. The van der Waals surface area contributed by atoms with E-state index in [4.69, 9.17) is 18.9 Å². The Hall–Kier alpha value is -4.64. The van der Waals surface area contributed by atoms with Gasteiger partial charge in [0.05, 0.1) is 48.8 Å². The Morgan fingerprint density at radius 1 is 0.744 bits per heavy atom. The van der Waals surface area contributed by atoms with Gasteiger partial charge in [0.15, 0.2) is 23.0 Å². The van der Waals surface area contributed by atoms with Gasteiger partial charge in [0.25, 0.3) is 11.8 Å². The van der Waals surface area contributed by atoms with Crippen LogP contribution in [0.3, 0.4) is 0 Å². The fourth-order valence-corrected chi connectivity index (χ4v) is 5.80. The zero-order valence-electron chi connectivity index (χ0n) is 24.4. The maximum Gasteiger partial charge on any atom is 0.257 e.